The molecule has 0 bridgehead atoms. The summed E-state index contributed by atoms with van der Waals surface area (Å²) in [6, 6.07) is 0. The standard InChI is InChI=1S/C10H15NO.C7H13NO.C3H3Br.CH4/c1-2-5-11-6-3-10(4-7-11)8-12-9-10;1-3-8-4-2-7(1)5-9-6-7;1-2-3-4;/h1H,3-9H2;8H,1-6H2;1H,3H2;1H4. The molecule has 0 aromatic rings. The number of hydrogen-bond donors (Lipinski definition) is 1. The Hall–Kier alpha value is -0.560. The number of halogens is 1. The van der Waals surface area contributed by atoms with E-state index in [-0.39, 0.29) is 7.43 Å². The first-order chi connectivity index (χ1) is 12.2. The fourth-order valence-electron chi connectivity index (χ4n) is 3.63. The summed E-state index contributed by atoms with van der Waals surface area (Å²) in [5.41, 5.74) is 1.16. The van der Waals surface area contributed by atoms with Crippen molar-refractivity contribution in [2.45, 2.75) is 33.1 Å². The molecule has 0 radical (unpaired) electrons. The minimum Gasteiger partial charge on any atom is -0.380 e. The molecule has 4 aliphatic rings. The highest BCUT2D eigenvalue weighted by Crippen LogP contribution is 2.38. The van der Waals surface area contributed by atoms with Crippen LogP contribution >= 0.6 is 15.9 Å². The van der Waals surface area contributed by atoms with E-state index in [1.165, 1.54) is 38.8 Å². The Bertz CT molecular complexity index is 457. The Labute approximate surface area is 168 Å². The second kappa shape index (κ2) is 12.0. The van der Waals surface area contributed by atoms with Gasteiger partial charge in [-0.25, -0.2) is 0 Å². The van der Waals surface area contributed by atoms with Crippen LogP contribution in [0.3, 0.4) is 0 Å². The lowest BCUT2D eigenvalue weighted by atomic mass is 9.77. The summed E-state index contributed by atoms with van der Waals surface area (Å²) >= 11 is 3.01. The summed E-state index contributed by atoms with van der Waals surface area (Å²) in [7, 11) is 0. The Morgan fingerprint density at radius 3 is 1.65 bits per heavy atom. The van der Waals surface area contributed by atoms with Crippen molar-refractivity contribution in [3.05, 3.63) is 0 Å². The van der Waals surface area contributed by atoms with Gasteiger partial charge in [-0.2, -0.15) is 0 Å². The van der Waals surface area contributed by atoms with Crippen molar-refractivity contribution in [2.75, 3.05) is 64.5 Å². The molecular formula is C21H35BrN2O2. The number of nitrogens with one attached hydrogen (secondary N) is 1. The van der Waals surface area contributed by atoms with Gasteiger partial charge in [-0.05, 0) is 51.9 Å². The minimum absolute atomic E-state index is 0. The van der Waals surface area contributed by atoms with Gasteiger partial charge in [0.2, 0.25) is 0 Å². The lowest BCUT2D eigenvalue weighted by Gasteiger charge is -2.47. The van der Waals surface area contributed by atoms with Gasteiger partial charge < -0.3 is 14.8 Å². The zero-order valence-electron chi connectivity index (χ0n) is 15.2. The molecule has 148 valence electrons. The average molecular weight is 427 g/mol. The second-order valence-electron chi connectivity index (χ2n) is 7.55. The molecule has 5 heteroatoms. The summed E-state index contributed by atoms with van der Waals surface area (Å²) in [6.45, 7) is 9.54. The van der Waals surface area contributed by atoms with Gasteiger partial charge in [0.05, 0.1) is 38.3 Å². The Morgan fingerprint density at radius 1 is 0.885 bits per heavy atom. The first-order valence-corrected chi connectivity index (χ1v) is 10.3. The van der Waals surface area contributed by atoms with Crippen molar-refractivity contribution in [3.8, 4) is 24.7 Å². The molecule has 1 N–H and O–H groups in total. The zero-order chi connectivity index (χ0) is 18.0. The number of terminal acetylenes is 2. The number of rotatable bonds is 1. The van der Waals surface area contributed by atoms with E-state index in [0.717, 1.165) is 46.1 Å². The third kappa shape index (κ3) is 6.87. The van der Waals surface area contributed by atoms with Crippen LogP contribution in [0.4, 0.5) is 0 Å². The van der Waals surface area contributed by atoms with Crippen LogP contribution in [-0.2, 0) is 9.47 Å². The van der Waals surface area contributed by atoms with Crippen LogP contribution in [0, 0.1) is 35.5 Å². The molecule has 4 heterocycles. The molecule has 26 heavy (non-hydrogen) atoms. The zero-order valence-corrected chi connectivity index (χ0v) is 16.8. The van der Waals surface area contributed by atoms with Gasteiger partial charge in [-0.15, -0.1) is 12.8 Å². The highest BCUT2D eigenvalue weighted by atomic mass is 79.9. The van der Waals surface area contributed by atoms with E-state index in [1.54, 1.807) is 0 Å². The number of hydrogen-bond acceptors (Lipinski definition) is 4. The third-order valence-corrected chi connectivity index (χ3v) is 5.93. The van der Waals surface area contributed by atoms with E-state index in [1.807, 2.05) is 0 Å². The summed E-state index contributed by atoms with van der Waals surface area (Å²) in [5.74, 6) is 5.04. The van der Waals surface area contributed by atoms with E-state index in [9.17, 15) is 0 Å². The normalized spacial score (nSPS) is 24.7. The van der Waals surface area contributed by atoms with Crippen LogP contribution in [-0.4, -0.2) is 69.4 Å². The van der Waals surface area contributed by atoms with Crippen LogP contribution in [0.15, 0.2) is 0 Å². The summed E-state index contributed by atoms with van der Waals surface area (Å²) in [5, 5.41) is 4.01. The van der Waals surface area contributed by atoms with Crippen LogP contribution in [0.1, 0.15) is 33.1 Å². The maximum absolute atomic E-state index is 5.26. The summed E-state index contributed by atoms with van der Waals surface area (Å²) in [6.07, 6.45) is 15.2. The topological polar surface area (TPSA) is 33.7 Å². The predicted octanol–water partition coefficient (Wildman–Crippen LogP) is 2.77. The van der Waals surface area contributed by atoms with E-state index in [4.69, 9.17) is 22.3 Å². The van der Waals surface area contributed by atoms with Gasteiger partial charge in [0.1, 0.15) is 0 Å². The highest BCUT2D eigenvalue weighted by Gasteiger charge is 2.41. The Morgan fingerprint density at radius 2 is 1.35 bits per heavy atom. The monoisotopic (exact) mass is 426 g/mol. The van der Waals surface area contributed by atoms with E-state index in [2.05, 4.69) is 38.0 Å². The molecule has 0 unspecified atom stereocenters. The van der Waals surface area contributed by atoms with E-state index >= 15 is 0 Å². The van der Waals surface area contributed by atoms with Crippen LogP contribution in [0.2, 0.25) is 0 Å². The third-order valence-electron chi connectivity index (χ3n) is 5.61. The summed E-state index contributed by atoms with van der Waals surface area (Å²) in [4.78, 5) is 2.35. The molecular weight excluding hydrogens is 392 g/mol. The molecule has 4 nitrogen and oxygen atoms in total. The van der Waals surface area contributed by atoms with Crippen molar-refractivity contribution in [1.82, 2.24) is 10.2 Å². The number of likely N-dealkylation sites (tertiary alicyclic amines) is 1. The van der Waals surface area contributed by atoms with Crippen LogP contribution < -0.4 is 5.32 Å². The molecule has 0 aliphatic carbocycles. The molecule has 0 aromatic heterocycles. The van der Waals surface area contributed by atoms with Gasteiger partial charge in [-0.1, -0.05) is 35.2 Å². The first kappa shape index (κ1) is 23.5. The lowest BCUT2D eigenvalue weighted by Crippen LogP contribution is -2.50. The predicted molar refractivity (Wildman–Crippen MR) is 112 cm³/mol. The fourth-order valence-corrected chi connectivity index (χ4v) is 3.63. The summed E-state index contributed by atoms with van der Waals surface area (Å²) < 4.78 is 10.4. The lowest BCUT2D eigenvalue weighted by molar-refractivity contribution is -0.138. The van der Waals surface area contributed by atoms with Gasteiger partial charge in [0.15, 0.2) is 0 Å². The molecule has 4 rings (SSSR count). The number of alkyl halides is 1. The van der Waals surface area contributed by atoms with Crippen LogP contribution in [0.25, 0.3) is 0 Å². The van der Waals surface area contributed by atoms with Gasteiger partial charge in [-0.3, -0.25) is 4.90 Å². The molecule has 0 atom stereocenters. The van der Waals surface area contributed by atoms with Crippen LogP contribution in [0.5, 0.6) is 0 Å². The van der Waals surface area contributed by atoms with Gasteiger partial charge in [0.25, 0.3) is 0 Å². The van der Waals surface area contributed by atoms with Crippen molar-refractivity contribution < 1.29 is 9.47 Å². The fraction of sp³-hybridized carbons (Fsp3) is 0.810. The highest BCUT2D eigenvalue weighted by molar-refractivity contribution is 9.09. The van der Waals surface area contributed by atoms with Gasteiger partial charge in [0, 0.05) is 10.8 Å². The van der Waals surface area contributed by atoms with Crippen molar-refractivity contribution in [2.24, 2.45) is 10.8 Å². The molecule has 0 aromatic carbocycles. The smallest absolute Gasteiger partial charge is 0.0642 e. The largest absolute Gasteiger partial charge is 0.380 e. The SMILES string of the molecule is C.C#CCBr.C#CCN1CCC2(CC1)COC2.C1CC2(CCN1)COC2. The molecule has 4 saturated heterocycles. The maximum Gasteiger partial charge on any atom is 0.0642 e. The number of ether oxygens (including phenoxy) is 2. The average Bonchev–Trinajstić information content (AvgIpc) is 2.62. The van der Waals surface area contributed by atoms with Crippen molar-refractivity contribution in [1.29, 1.82) is 0 Å². The van der Waals surface area contributed by atoms with Crippen molar-refractivity contribution in [3.63, 3.8) is 0 Å². The number of nitrogens with zero attached hydrogens (tertiary/aromatic N) is 1. The second-order valence-corrected chi connectivity index (χ2v) is 8.11. The molecule has 4 aliphatic heterocycles. The molecule has 2 spiro atoms. The maximum atomic E-state index is 5.26. The molecule has 0 amide bonds. The minimum atomic E-state index is 0. The molecule has 4 fully saturated rings. The quantitative estimate of drug-likeness (QED) is 0.516. The molecule has 0 saturated carbocycles. The van der Waals surface area contributed by atoms with Gasteiger partial charge >= 0.3 is 0 Å². The Kier molecular flexibility index (Phi) is 10.8. The van der Waals surface area contributed by atoms with Crippen molar-refractivity contribution >= 4 is 15.9 Å². The number of piperidine rings is 2. The first-order valence-electron chi connectivity index (χ1n) is 9.19. The Balaban J connectivity index is 0.000000215. The van der Waals surface area contributed by atoms with E-state index < -0.39 is 0 Å². The van der Waals surface area contributed by atoms with E-state index in [0.29, 0.717) is 16.2 Å².